The maximum absolute atomic E-state index is 11.3. The van der Waals surface area contributed by atoms with Crippen molar-refractivity contribution in [1.29, 1.82) is 0 Å². The van der Waals surface area contributed by atoms with Crippen LogP contribution < -0.4 is 10.6 Å². The fourth-order valence-corrected chi connectivity index (χ4v) is 0.725. The Hall–Kier alpha value is -0.960. The van der Waals surface area contributed by atoms with Crippen molar-refractivity contribution in [2.75, 3.05) is 26.2 Å². The molecule has 0 aromatic carbocycles. The van der Waals surface area contributed by atoms with Gasteiger partial charge in [-0.1, -0.05) is 0 Å². The number of hydrogen-bond donors (Lipinski definition) is 3. The number of aliphatic carboxylic acids is 1. The second-order valence-electron chi connectivity index (χ2n) is 2.88. The number of nitrogens with one attached hydrogen (secondary N) is 2. The molecule has 0 aromatic heterocycles. The third-order valence-electron chi connectivity index (χ3n) is 1.58. The van der Waals surface area contributed by atoms with E-state index in [4.69, 9.17) is 5.11 Å². The van der Waals surface area contributed by atoms with E-state index in [1.807, 2.05) is 0 Å². The first-order valence-electron chi connectivity index (χ1n) is 4.29. The predicted molar refractivity (Wildman–Crippen MR) is 44.4 cm³/mol. The van der Waals surface area contributed by atoms with Crippen LogP contribution in [0.4, 0.5) is 22.0 Å². The number of hydrogen-bond acceptors (Lipinski definition) is 3. The highest BCUT2D eigenvalue weighted by Crippen LogP contribution is 2.35. The van der Waals surface area contributed by atoms with Gasteiger partial charge in [-0.05, 0) is 0 Å². The van der Waals surface area contributed by atoms with E-state index in [-0.39, 0.29) is 0 Å². The number of carboxylic acid groups (broad SMARTS) is 1. The second-order valence-corrected chi connectivity index (χ2v) is 2.88. The molecule has 0 amide bonds. The number of piperazine rings is 1. The van der Waals surface area contributed by atoms with Crippen LogP contribution in [0, 0.1) is 0 Å². The maximum Gasteiger partial charge on any atom is 0.465 e. The SMILES string of the molecule is C1CNCCN1.O=C(O)C(F)(F)C(F)(F)F. The van der Waals surface area contributed by atoms with Crippen molar-refractivity contribution in [3.05, 3.63) is 0 Å². The van der Waals surface area contributed by atoms with Crippen LogP contribution in [0.3, 0.4) is 0 Å². The number of carbonyl (C=O) groups is 1. The molecule has 16 heavy (non-hydrogen) atoms. The van der Waals surface area contributed by atoms with Crippen LogP contribution in [0.5, 0.6) is 0 Å². The van der Waals surface area contributed by atoms with Crippen molar-refractivity contribution in [2.45, 2.75) is 12.1 Å². The van der Waals surface area contributed by atoms with E-state index in [0.717, 1.165) is 26.2 Å². The summed E-state index contributed by atoms with van der Waals surface area (Å²) in [5, 5.41) is 13.8. The Balaban J connectivity index is 0.000000315. The average Bonchev–Trinajstić information content (AvgIpc) is 2.19. The van der Waals surface area contributed by atoms with Gasteiger partial charge in [-0.25, -0.2) is 4.79 Å². The molecule has 9 heteroatoms. The summed E-state index contributed by atoms with van der Waals surface area (Å²) in [6.07, 6.45) is -6.02. The van der Waals surface area contributed by atoms with Crippen LogP contribution >= 0.6 is 0 Å². The number of halogens is 5. The summed E-state index contributed by atoms with van der Waals surface area (Å²) >= 11 is 0. The molecule has 1 heterocycles. The van der Waals surface area contributed by atoms with E-state index >= 15 is 0 Å². The van der Waals surface area contributed by atoms with E-state index in [9.17, 15) is 26.7 Å². The Morgan fingerprint density at radius 2 is 1.25 bits per heavy atom. The molecule has 1 aliphatic rings. The molecule has 1 saturated heterocycles. The number of alkyl halides is 5. The highest BCUT2D eigenvalue weighted by Gasteiger charge is 2.64. The highest BCUT2D eigenvalue weighted by molar-refractivity contribution is 5.76. The molecule has 0 radical (unpaired) electrons. The van der Waals surface area contributed by atoms with Gasteiger partial charge in [0.25, 0.3) is 0 Å². The lowest BCUT2D eigenvalue weighted by atomic mass is 10.3. The fourth-order valence-electron chi connectivity index (χ4n) is 0.725. The minimum absolute atomic E-state index is 1.14. The van der Waals surface area contributed by atoms with E-state index in [1.165, 1.54) is 0 Å². The van der Waals surface area contributed by atoms with Crippen molar-refractivity contribution in [2.24, 2.45) is 0 Å². The van der Waals surface area contributed by atoms with Gasteiger partial charge in [0, 0.05) is 26.2 Å². The molecule has 0 unspecified atom stereocenters. The molecule has 0 bridgehead atoms. The van der Waals surface area contributed by atoms with Crippen molar-refractivity contribution in [3.63, 3.8) is 0 Å². The van der Waals surface area contributed by atoms with Crippen LogP contribution in [0.1, 0.15) is 0 Å². The van der Waals surface area contributed by atoms with Crippen molar-refractivity contribution in [1.82, 2.24) is 10.6 Å². The first kappa shape index (κ1) is 15.0. The van der Waals surface area contributed by atoms with Crippen molar-refractivity contribution < 1.29 is 31.9 Å². The normalized spacial score (nSPS) is 17.3. The minimum Gasteiger partial charge on any atom is -0.477 e. The van der Waals surface area contributed by atoms with Gasteiger partial charge in [-0.3, -0.25) is 0 Å². The van der Waals surface area contributed by atoms with Gasteiger partial charge in [-0.2, -0.15) is 22.0 Å². The third-order valence-corrected chi connectivity index (χ3v) is 1.58. The number of carboxylic acids is 1. The average molecular weight is 250 g/mol. The van der Waals surface area contributed by atoms with Gasteiger partial charge in [0.1, 0.15) is 0 Å². The van der Waals surface area contributed by atoms with Gasteiger partial charge in [0.05, 0.1) is 0 Å². The Morgan fingerprint density at radius 3 is 1.31 bits per heavy atom. The number of rotatable bonds is 1. The van der Waals surface area contributed by atoms with Gasteiger partial charge in [0.15, 0.2) is 0 Å². The monoisotopic (exact) mass is 250 g/mol. The molecule has 0 spiro atoms. The molecule has 1 aliphatic heterocycles. The van der Waals surface area contributed by atoms with Gasteiger partial charge < -0.3 is 15.7 Å². The van der Waals surface area contributed by atoms with Crippen LogP contribution in [0.25, 0.3) is 0 Å². The summed E-state index contributed by atoms with van der Waals surface area (Å²) < 4.78 is 55.5. The van der Waals surface area contributed by atoms with E-state index < -0.39 is 18.1 Å². The van der Waals surface area contributed by atoms with Gasteiger partial charge in [-0.15, -0.1) is 0 Å². The molecule has 0 atom stereocenters. The first-order valence-corrected chi connectivity index (χ1v) is 4.29. The zero-order valence-electron chi connectivity index (χ0n) is 8.07. The molecular formula is C7H11F5N2O2. The second kappa shape index (κ2) is 5.94. The van der Waals surface area contributed by atoms with Crippen LogP contribution in [-0.2, 0) is 4.79 Å². The molecule has 0 saturated carbocycles. The zero-order valence-corrected chi connectivity index (χ0v) is 8.07. The third kappa shape index (κ3) is 4.71. The first-order chi connectivity index (χ1) is 7.19. The molecule has 4 nitrogen and oxygen atoms in total. The largest absolute Gasteiger partial charge is 0.477 e. The summed E-state index contributed by atoms with van der Waals surface area (Å²) in [6, 6.07) is 0. The molecular weight excluding hydrogens is 239 g/mol. The predicted octanol–water partition coefficient (Wildman–Crippen LogP) is 0.448. The highest BCUT2D eigenvalue weighted by atomic mass is 19.4. The van der Waals surface area contributed by atoms with E-state index in [2.05, 4.69) is 10.6 Å². The Bertz CT molecular complexity index is 216. The topological polar surface area (TPSA) is 61.4 Å². The van der Waals surface area contributed by atoms with Crippen molar-refractivity contribution in [3.8, 4) is 0 Å². The molecule has 3 N–H and O–H groups in total. The lowest BCUT2D eigenvalue weighted by Crippen LogP contribution is -2.43. The fraction of sp³-hybridized carbons (Fsp3) is 0.857. The Labute approximate surface area is 87.8 Å². The van der Waals surface area contributed by atoms with E-state index in [0.29, 0.717) is 0 Å². The van der Waals surface area contributed by atoms with Crippen molar-refractivity contribution >= 4 is 5.97 Å². The molecule has 1 fully saturated rings. The standard InChI is InChI=1S/C4H10N2.C3HF5O2/c1-2-6-4-3-5-1;4-2(5,1(9)10)3(6,7)8/h5-6H,1-4H2;(H,9,10). The van der Waals surface area contributed by atoms with E-state index in [1.54, 1.807) is 0 Å². The van der Waals surface area contributed by atoms with Gasteiger partial charge >= 0.3 is 18.1 Å². The summed E-state index contributed by atoms with van der Waals surface area (Å²) in [5.74, 6) is -8.84. The minimum atomic E-state index is -6.02. The smallest absolute Gasteiger partial charge is 0.465 e. The summed E-state index contributed by atoms with van der Waals surface area (Å²) in [7, 11) is 0. The maximum atomic E-state index is 11.3. The summed E-state index contributed by atoms with van der Waals surface area (Å²) in [4.78, 5) is 9.20. The molecule has 0 aliphatic carbocycles. The molecule has 1 rings (SSSR count). The summed E-state index contributed by atoms with van der Waals surface area (Å²) in [5.41, 5.74) is 0. The quantitative estimate of drug-likeness (QED) is 0.591. The van der Waals surface area contributed by atoms with Crippen LogP contribution in [-0.4, -0.2) is 49.4 Å². The Kier molecular flexibility index (Phi) is 5.59. The summed E-state index contributed by atoms with van der Waals surface area (Å²) in [6.45, 7) is 4.56. The van der Waals surface area contributed by atoms with Crippen LogP contribution in [0.15, 0.2) is 0 Å². The zero-order chi connectivity index (χ0) is 12.8. The van der Waals surface area contributed by atoms with Crippen LogP contribution in [0.2, 0.25) is 0 Å². The lowest BCUT2D eigenvalue weighted by molar-refractivity contribution is -0.277. The Morgan fingerprint density at radius 1 is 0.938 bits per heavy atom. The molecule has 0 aromatic rings. The van der Waals surface area contributed by atoms with Gasteiger partial charge in [0.2, 0.25) is 0 Å². The lowest BCUT2D eigenvalue weighted by Gasteiger charge is -2.13. The molecule has 96 valence electrons.